The fraction of sp³-hybridized carbons (Fsp3) is 1.00. The lowest BCUT2D eigenvalue weighted by Gasteiger charge is -2.11. The van der Waals surface area contributed by atoms with E-state index < -0.39 is 11.1 Å². The molecule has 0 aromatic carbocycles. The summed E-state index contributed by atoms with van der Waals surface area (Å²) in [5, 5.41) is 0. The third kappa shape index (κ3) is 6.19. The minimum atomic E-state index is -1.97. The molecule has 0 amide bonds. The summed E-state index contributed by atoms with van der Waals surface area (Å²) < 4.78 is 20.2. The van der Waals surface area contributed by atoms with Crippen molar-refractivity contribution in [3.05, 3.63) is 0 Å². The Kier molecular flexibility index (Phi) is 5.87. The first kappa shape index (κ1) is 10.1. The van der Waals surface area contributed by atoms with Gasteiger partial charge in [-0.25, -0.2) is 0 Å². The third-order valence-corrected chi connectivity index (χ3v) is 1.98. The predicted molar refractivity (Wildman–Crippen MR) is 41.3 cm³/mol. The molecular weight excluding hydrogens is 150 g/mol. The van der Waals surface area contributed by atoms with Crippen LogP contribution in [-0.4, -0.2) is 20.6 Å². The van der Waals surface area contributed by atoms with Gasteiger partial charge >= 0.3 is 0 Å². The molecule has 2 N–H and O–H groups in total. The Hall–Kier alpha value is 0.0700. The molecule has 0 aliphatic heterocycles. The maximum absolute atomic E-state index is 10.1. The summed E-state index contributed by atoms with van der Waals surface area (Å²) in [7, 11) is 0. The second-order valence-corrected chi connectivity index (χ2v) is 3.31. The second kappa shape index (κ2) is 5.82. The first-order valence-electron chi connectivity index (χ1n) is 3.48. The molecule has 0 bridgehead atoms. The van der Waals surface area contributed by atoms with E-state index in [1.807, 2.05) is 0 Å². The van der Waals surface area contributed by atoms with E-state index >= 15 is 0 Å². The summed E-state index contributed by atoms with van der Waals surface area (Å²) >= 11 is -1.97. The maximum Gasteiger partial charge on any atom is 0.0254 e. The molecule has 2 unspecified atom stereocenters. The van der Waals surface area contributed by atoms with Crippen molar-refractivity contribution in [1.29, 1.82) is 0 Å². The molecule has 62 valence electrons. The smallest absolute Gasteiger partial charge is 0.0254 e. The van der Waals surface area contributed by atoms with Gasteiger partial charge in [-0.15, -0.1) is 0 Å². The van der Waals surface area contributed by atoms with Gasteiger partial charge in [0.15, 0.2) is 0 Å². The Bertz CT molecular complexity index is 108. The van der Waals surface area contributed by atoms with Crippen LogP contribution in [0.3, 0.4) is 0 Å². The highest BCUT2D eigenvalue weighted by Crippen LogP contribution is 1.98. The summed E-state index contributed by atoms with van der Waals surface area (Å²) in [5.74, 6) is 0.0972. The van der Waals surface area contributed by atoms with E-state index in [1.54, 1.807) is 0 Å². The number of unbranched alkanes of at least 4 members (excludes halogenated alkanes) is 1. The molecule has 10 heavy (non-hydrogen) atoms. The van der Waals surface area contributed by atoms with Crippen LogP contribution < -0.4 is 5.73 Å². The van der Waals surface area contributed by atoms with Crippen LogP contribution in [0.4, 0.5) is 0 Å². The van der Waals surface area contributed by atoms with Crippen LogP contribution in [0.15, 0.2) is 0 Å². The molecule has 0 radical (unpaired) electrons. The van der Waals surface area contributed by atoms with E-state index in [1.165, 1.54) is 0 Å². The van der Waals surface area contributed by atoms with Gasteiger partial charge in [-0.05, 0) is 6.42 Å². The van der Waals surface area contributed by atoms with Gasteiger partial charge in [0.25, 0.3) is 0 Å². The van der Waals surface area contributed by atoms with Crippen molar-refractivity contribution >= 4 is 11.1 Å². The fourth-order valence-corrected chi connectivity index (χ4v) is 1.24. The largest absolute Gasteiger partial charge is 0.772 e. The van der Waals surface area contributed by atoms with Crippen molar-refractivity contribution in [2.45, 2.75) is 32.2 Å². The van der Waals surface area contributed by atoms with Gasteiger partial charge in [0.05, 0.1) is 0 Å². The first-order chi connectivity index (χ1) is 4.66. The summed E-state index contributed by atoms with van der Waals surface area (Å²) in [6.45, 7) is 2.06. The predicted octanol–water partition coefficient (Wildman–Crippen LogP) is 0.383. The van der Waals surface area contributed by atoms with E-state index in [-0.39, 0.29) is 11.8 Å². The third-order valence-electron chi connectivity index (χ3n) is 1.28. The Morgan fingerprint density at radius 3 is 2.70 bits per heavy atom. The van der Waals surface area contributed by atoms with Crippen molar-refractivity contribution in [2.75, 3.05) is 5.75 Å². The molecule has 0 aromatic rings. The molecular formula is C6H14NO2S-. The van der Waals surface area contributed by atoms with Crippen LogP contribution in [-0.2, 0) is 11.1 Å². The maximum atomic E-state index is 10.1. The molecule has 3 nitrogen and oxygen atoms in total. The average molecular weight is 164 g/mol. The lowest BCUT2D eigenvalue weighted by molar-refractivity contribution is 0.522. The van der Waals surface area contributed by atoms with Crippen molar-refractivity contribution < 1.29 is 8.76 Å². The topological polar surface area (TPSA) is 66.2 Å². The van der Waals surface area contributed by atoms with E-state index in [0.717, 1.165) is 19.3 Å². The van der Waals surface area contributed by atoms with Gasteiger partial charge < -0.3 is 10.3 Å². The molecule has 2 atom stereocenters. The highest BCUT2D eigenvalue weighted by molar-refractivity contribution is 7.79. The zero-order valence-corrected chi connectivity index (χ0v) is 7.02. The van der Waals surface area contributed by atoms with Gasteiger partial charge in [-0.1, -0.05) is 30.8 Å². The lowest BCUT2D eigenvalue weighted by Crippen LogP contribution is -2.26. The normalized spacial score (nSPS) is 16.7. The van der Waals surface area contributed by atoms with Gasteiger partial charge in [-0.3, -0.25) is 4.21 Å². The van der Waals surface area contributed by atoms with Crippen molar-refractivity contribution in [3.8, 4) is 0 Å². The second-order valence-electron chi connectivity index (χ2n) is 2.37. The van der Waals surface area contributed by atoms with Crippen LogP contribution >= 0.6 is 0 Å². The Labute approximate surface area is 64.3 Å². The zero-order chi connectivity index (χ0) is 7.98. The zero-order valence-electron chi connectivity index (χ0n) is 6.21. The van der Waals surface area contributed by atoms with Crippen LogP contribution in [0, 0.1) is 0 Å². The van der Waals surface area contributed by atoms with Crippen molar-refractivity contribution in [1.82, 2.24) is 0 Å². The van der Waals surface area contributed by atoms with E-state index in [9.17, 15) is 8.76 Å². The Morgan fingerprint density at radius 1 is 1.70 bits per heavy atom. The molecule has 0 aliphatic carbocycles. The van der Waals surface area contributed by atoms with Gasteiger partial charge in [0, 0.05) is 11.8 Å². The Morgan fingerprint density at radius 2 is 2.30 bits per heavy atom. The van der Waals surface area contributed by atoms with Crippen LogP contribution in [0.2, 0.25) is 0 Å². The summed E-state index contributed by atoms with van der Waals surface area (Å²) in [6.07, 6.45) is 2.89. The highest BCUT2D eigenvalue weighted by atomic mass is 32.2. The number of nitrogens with two attached hydrogens (primary N) is 1. The molecule has 0 saturated heterocycles. The fourth-order valence-electron chi connectivity index (χ4n) is 0.724. The molecule has 0 heterocycles. The quantitative estimate of drug-likeness (QED) is 0.597. The van der Waals surface area contributed by atoms with Crippen LogP contribution in [0.1, 0.15) is 26.2 Å². The molecule has 0 aliphatic rings. The lowest BCUT2D eigenvalue weighted by atomic mass is 10.2. The van der Waals surface area contributed by atoms with Gasteiger partial charge in [0.2, 0.25) is 0 Å². The average Bonchev–Trinajstić information content (AvgIpc) is 1.82. The minimum Gasteiger partial charge on any atom is -0.772 e. The summed E-state index contributed by atoms with van der Waals surface area (Å²) in [5.41, 5.74) is 5.47. The molecule has 4 heteroatoms. The van der Waals surface area contributed by atoms with Crippen molar-refractivity contribution in [2.24, 2.45) is 5.73 Å². The standard InChI is InChI=1S/C6H15NO2S/c1-2-3-4-6(7)5-10(8)9/h6H,2-5,7H2,1H3,(H,8,9)/p-1. The monoisotopic (exact) mass is 164 g/mol. The first-order valence-corrected chi connectivity index (χ1v) is 4.72. The van der Waals surface area contributed by atoms with Gasteiger partial charge in [0.1, 0.15) is 0 Å². The summed E-state index contributed by atoms with van der Waals surface area (Å²) in [4.78, 5) is 0. The minimum absolute atomic E-state index is 0.0972. The van der Waals surface area contributed by atoms with Gasteiger partial charge in [-0.2, -0.15) is 0 Å². The molecule has 0 saturated carbocycles. The summed E-state index contributed by atoms with van der Waals surface area (Å²) in [6, 6.07) is -0.168. The van der Waals surface area contributed by atoms with E-state index in [4.69, 9.17) is 5.73 Å². The molecule has 0 aromatic heterocycles. The van der Waals surface area contributed by atoms with E-state index in [0.29, 0.717) is 0 Å². The number of hydrogen-bond donors (Lipinski definition) is 1. The molecule has 0 spiro atoms. The SMILES string of the molecule is CCCCC(N)CS(=O)[O-]. The van der Waals surface area contributed by atoms with Crippen LogP contribution in [0.5, 0.6) is 0 Å². The highest BCUT2D eigenvalue weighted by Gasteiger charge is 1.99. The molecule has 0 rings (SSSR count). The Balaban J connectivity index is 3.25. The number of rotatable bonds is 5. The van der Waals surface area contributed by atoms with E-state index in [2.05, 4.69) is 6.92 Å². The molecule has 0 fully saturated rings. The van der Waals surface area contributed by atoms with Crippen LogP contribution in [0.25, 0.3) is 0 Å². The number of hydrogen-bond acceptors (Lipinski definition) is 3. The van der Waals surface area contributed by atoms with Crippen molar-refractivity contribution in [3.63, 3.8) is 0 Å².